The van der Waals surface area contributed by atoms with Crippen LogP contribution in [0.15, 0.2) is 0 Å². The third kappa shape index (κ3) is 3.47. The van der Waals surface area contributed by atoms with E-state index in [0.717, 1.165) is 19.5 Å². The van der Waals surface area contributed by atoms with Crippen LogP contribution < -0.4 is 0 Å². The molecule has 0 fully saturated rings. The average Bonchev–Trinajstić information content (AvgIpc) is 2.12. The molecule has 0 radical (unpaired) electrons. The molecule has 0 aliphatic carbocycles. The molecule has 0 N–H and O–H groups in total. The first kappa shape index (κ1) is 12.6. The predicted octanol–water partition coefficient (Wildman–Crippen LogP) is 2.33. The van der Waals surface area contributed by atoms with Crippen LogP contribution in [0.1, 0.15) is 41.0 Å². The fourth-order valence-electron chi connectivity index (χ4n) is 1.69. The van der Waals surface area contributed by atoms with Gasteiger partial charge in [-0.1, -0.05) is 34.6 Å². The van der Waals surface area contributed by atoms with E-state index >= 15 is 0 Å². The minimum atomic E-state index is 0.134. The summed E-state index contributed by atoms with van der Waals surface area (Å²) in [6.07, 6.45) is 0.929. The van der Waals surface area contributed by atoms with Gasteiger partial charge >= 0.3 is 0 Å². The molecule has 0 aliphatic rings. The van der Waals surface area contributed by atoms with Crippen molar-refractivity contribution in [3.05, 3.63) is 0 Å². The first-order valence-electron chi connectivity index (χ1n) is 5.36. The number of carbonyl (C=O) groups is 1. The lowest BCUT2D eigenvalue weighted by molar-refractivity contribution is -0.127. The van der Waals surface area contributed by atoms with Crippen LogP contribution in [0.25, 0.3) is 0 Å². The van der Waals surface area contributed by atoms with Gasteiger partial charge in [-0.15, -0.1) is 0 Å². The normalized spacial score (nSPS) is 13.8. The van der Waals surface area contributed by atoms with E-state index in [1.54, 1.807) is 0 Å². The fourth-order valence-corrected chi connectivity index (χ4v) is 1.69. The number of carbonyl (C=O) groups excluding carboxylic acids is 1. The average molecular weight is 185 g/mol. The maximum absolute atomic E-state index is 11.8. The summed E-state index contributed by atoms with van der Waals surface area (Å²) in [4.78, 5) is 14.0. The largest absolute Gasteiger partial charge is 0.298 e. The third-order valence-corrected chi connectivity index (χ3v) is 2.54. The van der Waals surface area contributed by atoms with Crippen molar-refractivity contribution in [2.24, 2.45) is 5.92 Å². The molecule has 0 aliphatic heterocycles. The van der Waals surface area contributed by atoms with E-state index in [1.807, 2.05) is 13.8 Å². The number of hydrogen-bond acceptors (Lipinski definition) is 2. The van der Waals surface area contributed by atoms with Crippen molar-refractivity contribution in [3.8, 4) is 0 Å². The van der Waals surface area contributed by atoms with Crippen molar-refractivity contribution < 1.29 is 4.79 Å². The highest BCUT2D eigenvalue weighted by Crippen LogP contribution is 2.10. The molecule has 2 nitrogen and oxygen atoms in total. The SMILES string of the molecule is CC[C@H](C(=O)C(C)C)N(CC)CC. The van der Waals surface area contributed by atoms with Gasteiger partial charge in [-0.2, -0.15) is 0 Å². The number of ketones is 1. The summed E-state index contributed by atoms with van der Waals surface area (Å²) in [6, 6.07) is 0.134. The molecule has 0 spiro atoms. The van der Waals surface area contributed by atoms with Crippen LogP contribution in [0.3, 0.4) is 0 Å². The Labute approximate surface area is 82.3 Å². The van der Waals surface area contributed by atoms with Gasteiger partial charge in [0.2, 0.25) is 0 Å². The van der Waals surface area contributed by atoms with Gasteiger partial charge in [0.25, 0.3) is 0 Å². The van der Waals surface area contributed by atoms with Crippen molar-refractivity contribution in [2.45, 2.75) is 47.1 Å². The molecule has 0 aromatic rings. The van der Waals surface area contributed by atoms with E-state index in [4.69, 9.17) is 0 Å². The summed E-state index contributed by atoms with van der Waals surface area (Å²) in [5.74, 6) is 0.539. The van der Waals surface area contributed by atoms with Crippen LogP contribution in [-0.4, -0.2) is 29.8 Å². The van der Waals surface area contributed by atoms with E-state index in [0.29, 0.717) is 5.78 Å². The van der Waals surface area contributed by atoms with Gasteiger partial charge < -0.3 is 0 Å². The predicted molar refractivity (Wildman–Crippen MR) is 56.8 cm³/mol. The van der Waals surface area contributed by atoms with E-state index < -0.39 is 0 Å². The molecule has 1 atom stereocenters. The van der Waals surface area contributed by atoms with Gasteiger partial charge in [0, 0.05) is 5.92 Å². The van der Waals surface area contributed by atoms with Gasteiger partial charge in [0.05, 0.1) is 6.04 Å². The lowest BCUT2D eigenvalue weighted by atomic mass is 9.98. The molecule has 0 bridgehead atoms. The zero-order valence-electron chi connectivity index (χ0n) is 9.63. The van der Waals surface area contributed by atoms with Gasteiger partial charge in [0.1, 0.15) is 0 Å². The van der Waals surface area contributed by atoms with Crippen LogP contribution >= 0.6 is 0 Å². The van der Waals surface area contributed by atoms with Crippen LogP contribution in [0, 0.1) is 5.92 Å². The Balaban J connectivity index is 4.38. The van der Waals surface area contributed by atoms with E-state index in [-0.39, 0.29) is 12.0 Å². The minimum Gasteiger partial charge on any atom is -0.298 e. The summed E-state index contributed by atoms with van der Waals surface area (Å²) in [5, 5.41) is 0. The quantitative estimate of drug-likeness (QED) is 0.633. The van der Waals surface area contributed by atoms with Crippen LogP contribution in [0.2, 0.25) is 0 Å². The second-order valence-electron chi connectivity index (χ2n) is 3.70. The van der Waals surface area contributed by atoms with Crippen molar-refractivity contribution in [1.82, 2.24) is 4.90 Å². The monoisotopic (exact) mass is 185 g/mol. The number of likely N-dealkylation sites (N-methyl/N-ethyl adjacent to an activating group) is 1. The van der Waals surface area contributed by atoms with Crippen LogP contribution in [0.5, 0.6) is 0 Å². The summed E-state index contributed by atoms with van der Waals surface area (Å²) < 4.78 is 0. The second-order valence-corrected chi connectivity index (χ2v) is 3.70. The summed E-state index contributed by atoms with van der Waals surface area (Å²) in [6.45, 7) is 12.2. The molecule has 13 heavy (non-hydrogen) atoms. The molecule has 0 aromatic carbocycles. The Morgan fingerprint density at radius 3 is 1.85 bits per heavy atom. The highest BCUT2D eigenvalue weighted by Gasteiger charge is 2.23. The van der Waals surface area contributed by atoms with Crippen molar-refractivity contribution in [3.63, 3.8) is 0 Å². The summed E-state index contributed by atoms with van der Waals surface area (Å²) in [5.41, 5.74) is 0. The number of Topliss-reactive ketones (excluding diaryl/α,β-unsaturated/α-hetero) is 1. The molecule has 0 heterocycles. The zero-order valence-corrected chi connectivity index (χ0v) is 9.63. The topological polar surface area (TPSA) is 20.3 Å². The Morgan fingerprint density at radius 1 is 1.15 bits per heavy atom. The smallest absolute Gasteiger partial charge is 0.152 e. The van der Waals surface area contributed by atoms with Gasteiger partial charge in [-0.25, -0.2) is 0 Å². The van der Waals surface area contributed by atoms with E-state index in [2.05, 4.69) is 25.7 Å². The Bertz CT molecular complexity index is 150. The third-order valence-electron chi connectivity index (χ3n) is 2.54. The molecule has 0 unspecified atom stereocenters. The van der Waals surface area contributed by atoms with Crippen LogP contribution in [0.4, 0.5) is 0 Å². The highest BCUT2D eigenvalue weighted by atomic mass is 16.1. The molecule has 0 aromatic heterocycles. The number of nitrogens with zero attached hydrogens (tertiary/aromatic N) is 1. The number of rotatable bonds is 6. The molecule has 0 saturated heterocycles. The maximum atomic E-state index is 11.8. The first-order chi connectivity index (χ1) is 6.08. The van der Waals surface area contributed by atoms with Crippen molar-refractivity contribution in [1.29, 1.82) is 0 Å². The Hall–Kier alpha value is -0.370. The molecule has 2 heteroatoms. The van der Waals surface area contributed by atoms with E-state index in [9.17, 15) is 4.79 Å². The molecular weight excluding hydrogens is 162 g/mol. The van der Waals surface area contributed by atoms with Gasteiger partial charge in [0.15, 0.2) is 5.78 Å². The molecular formula is C11H23NO. The standard InChI is InChI=1S/C11H23NO/c1-6-10(11(13)9(4)5)12(7-2)8-3/h9-10H,6-8H2,1-5H3/t10-/m1/s1. The van der Waals surface area contributed by atoms with E-state index in [1.165, 1.54) is 0 Å². The molecule has 78 valence electrons. The maximum Gasteiger partial charge on any atom is 0.152 e. The van der Waals surface area contributed by atoms with Gasteiger partial charge in [-0.3, -0.25) is 9.69 Å². The Morgan fingerprint density at radius 2 is 1.62 bits per heavy atom. The Kier molecular flexibility index (Phi) is 5.97. The summed E-state index contributed by atoms with van der Waals surface area (Å²) in [7, 11) is 0. The summed E-state index contributed by atoms with van der Waals surface area (Å²) >= 11 is 0. The van der Waals surface area contributed by atoms with Crippen molar-refractivity contribution in [2.75, 3.05) is 13.1 Å². The first-order valence-corrected chi connectivity index (χ1v) is 5.36. The zero-order chi connectivity index (χ0) is 10.4. The lowest BCUT2D eigenvalue weighted by Gasteiger charge is -2.28. The fraction of sp³-hybridized carbons (Fsp3) is 0.909. The highest BCUT2D eigenvalue weighted by molar-refractivity contribution is 5.85. The number of hydrogen-bond donors (Lipinski definition) is 0. The minimum absolute atomic E-state index is 0.134. The molecule has 0 saturated carbocycles. The van der Waals surface area contributed by atoms with Crippen molar-refractivity contribution >= 4 is 5.78 Å². The van der Waals surface area contributed by atoms with Crippen LogP contribution in [-0.2, 0) is 4.79 Å². The lowest BCUT2D eigenvalue weighted by Crippen LogP contribution is -2.42. The molecule has 0 rings (SSSR count). The second kappa shape index (κ2) is 6.14. The van der Waals surface area contributed by atoms with Gasteiger partial charge in [-0.05, 0) is 19.5 Å². The molecule has 0 amide bonds.